The summed E-state index contributed by atoms with van der Waals surface area (Å²) in [5, 5.41) is 0. The molecule has 0 saturated carbocycles. The Balaban J connectivity index is 0. The van der Waals surface area contributed by atoms with Crippen LogP contribution in [0.3, 0.4) is 0 Å². The molecule has 0 amide bonds. The zero-order valence-electron chi connectivity index (χ0n) is 8.51. The number of esters is 1. The highest BCUT2D eigenvalue weighted by Crippen LogP contribution is 2.01. The van der Waals surface area contributed by atoms with Crippen molar-refractivity contribution in [2.24, 2.45) is 0 Å². The van der Waals surface area contributed by atoms with Gasteiger partial charge in [-0.2, -0.15) is 0 Å². The Morgan fingerprint density at radius 1 is 1.46 bits per heavy atom. The van der Waals surface area contributed by atoms with Gasteiger partial charge in [-0.05, 0) is 6.92 Å². The lowest BCUT2D eigenvalue weighted by Gasteiger charge is -2.24. The molecule has 13 heavy (non-hydrogen) atoms. The fourth-order valence-corrected chi connectivity index (χ4v) is 0.788. The van der Waals surface area contributed by atoms with Gasteiger partial charge in [0.25, 0.3) is 0 Å². The summed E-state index contributed by atoms with van der Waals surface area (Å²) in [5.74, 6) is -0.759. The van der Waals surface area contributed by atoms with Gasteiger partial charge in [-0.15, -0.1) is 0 Å². The van der Waals surface area contributed by atoms with Crippen molar-refractivity contribution >= 4 is 5.97 Å². The summed E-state index contributed by atoms with van der Waals surface area (Å²) in [5.41, 5.74) is 0. The van der Waals surface area contributed by atoms with Gasteiger partial charge in [0, 0.05) is 0 Å². The van der Waals surface area contributed by atoms with Crippen LogP contribution in [0.15, 0.2) is 0 Å². The number of carbonyl (C=O) groups is 1. The second-order valence-electron chi connectivity index (χ2n) is 3.69. The molecule has 0 aliphatic heterocycles. The van der Waals surface area contributed by atoms with Gasteiger partial charge in [0.2, 0.25) is 6.17 Å². The first-order chi connectivity index (χ1) is 5.37. The molecule has 0 rings (SSSR count). The quantitative estimate of drug-likeness (QED) is 0.329. The van der Waals surface area contributed by atoms with Gasteiger partial charge in [-0.3, -0.25) is 0 Å². The van der Waals surface area contributed by atoms with Crippen LogP contribution in [-0.4, -0.2) is 50.9 Å². The number of hydrogen-bond donors (Lipinski definition) is 0. The number of rotatable bonds is 4. The molecule has 0 aromatic heterocycles. The Morgan fingerprint density at radius 3 is 2.23 bits per heavy atom. The predicted molar refractivity (Wildman–Crippen MR) is 44.4 cm³/mol. The highest BCUT2D eigenvalue weighted by molar-refractivity contribution is 5.74. The molecule has 0 aliphatic carbocycles. The zero-order chi connectivity index (χ0) is 9.78. The molecule has 0 radical (unpaired) electrons. The van der Waals surface area contributed by atoms with Crippen molar-refractivity contribution in [2.75, 3.05) is 34.3 Å². The van der Waals surface area contributed by atoms with E-state index in [4.69, 9.17) is 0 Å². The van der Waals surface area contributed by atoms with Gasteiger partial charge in [0.1, 0.15) is 6.54 Å². The number of halogens is 2. The monoisotopic (exact) mass is 305 g/mol. The standard InChI is InChI=1S/C8H17FNO2.HI/c1-5-12-8(11)7(9)6-10(2,3)4;/h7H,5-6H2,1-4H3;1H/q+1;/p-1. The zero-order valence-corrected chi connectivity index (χ0v) is 10.7. The molecule has 5 heteroatoms. The fraction of sp³-hybridized carbons (Fsp3) is 0.875. The Kier molecular flexibility index (Phi) is 7.81. The van der Waals surface area contributed by atoms with Crippen LogP contribution in [0.25, 0.3) is 0 Å². The Bertz CT molecular complexity index is 159. The number of hydrogen-bond acceptors (Lipinski definition) is 2. The van der Waals surface area contributed by atoms with Crippen LogP contribution in [0.1, 0.15) is 6.92 Å². The summed E-state index contributed by atoms with van der Waals surface area (Å²) in [6, 6.07) is 0. The van der Waals surface area contributed by atoms with Gasteiger partial charge in [0.15, 0.2) is 0 Å². The SMILES string of the molecule is CCOC(=O)C(F)C[N+](C)(C)C.[I-]. The lowest BCUT2D eigenvalue weighted by Crippen LogP contribution is -3.00. The van der Waals surface area contributed by atoms with E-state index in [0.717, 1.165) is 0 Å². The Labute approximate surface area is 95.8 Å². The molecule has 0 aromatic carbocycles. The fourth-order valence-electron chi connectivity index (χ4n) is 0.788. The highest BCUT2D eigenvalue weighted by atomic mass is 127. The smallest absolute Gasteiger partial charge is 0.346 e. The number of carbonyl (C=O) groups excluding carboxylic acids is 1. The molecule has 0 aromatic rings. The molecule has 0 aliphatic rings. The Hall–Kier alpha value is 0.0900. The summed E-state index contributed by atoms with van der Waals surface area (Å²) in [7, 11) is 5.48. The van der Waals surface area contributed by atoms with Crippen molar-refractivity contribution < 1.29 is 42.4 Å². The van der Waals surface area contributed by atoms with E-state index in [1.807, 2.05) is 21.1 Å². The molecule has 0 N–H and O–H groups in total. The van der Waals surface area contributed by atoms with E-state index >= 15 is 0 Å². The summed E-state index contributed by atoms with van der Waals surface area (Å²) in [6.07, 6.45) is -1.51. The van der Waals surface area contributed by atoms with Crippen LogP contribution in [0.4, 0.5) is 4.39 Å². The van der Waals surface area contributed by atoms with Crippen molar-refractivity contribution in [1.82, 2.24) is 0 Å². The summed E-state index contributed by atoms with van der Waals surface area (Å²) in [6.45, 7) is 2.05. The van der Waals surface area contributed by atoms with Crippen molar-refractivity contribution in [3.8, 4) is 0 Å². The molecule has 0 saturated heterocycles. The predicted octanol–water partition coefficient (Wildman–Crippen LogP) is -2.40. The van der Waals surface area contributed by atoms with Crippen LogP contribution in [0.2, 0.25) is 0 Å². The van der Waals surface area contributed by atoms with Crippen LogP contribution < -0.4 is 24.0 Å². The molecular formula is C8H17FINO2. The third-order valence-electron chi connectivity index (χ3n) is 1.25. The van der Waals surface area contributed by atoms with Gasteiger partial charge in [0.05, 0.1) is 27.7 Å². The van der Waals surface area contributed by atoms with E-state index in [0.29, 0.717) is 4.48 Å². The van der Waals surface area contributed by atoms with E-state index in [2.05, 4.69) is 4.74 Å². The molecule has 1 unspecified atom stereocenters. The first-order valence-corrected chi connectivity index (χ1v) is 3.98. The van der Waals surface area contributed by atoms with Gasteiger partial charge in [-0.1, -0.05) is 0 Å². The minimum atomic E-state index is -1.51. The molecule has 3 nitrogen and oxygen atoms in total. The molecule has 0 bridgehead atoms. The maximum atomic E-state index is 13.0. The number of quaternary nitrogens is 1. The second kappa shape index (κ2) is 6.53. The van der Waals surface area contributed by atoms with Crippen molar-refractivity contribution in [1.29, 1.82) is 0 Å². The topological polar surface area (TPSA) is 26.3 Å². The van der Waals surface area contributed by atoms with Crippen molar-refractivity contribution in [2.45, 2.75) is 13.1 Å². The van der Waals surface area contributed by atoms with Crippen LogP contribution in [0, 0.1) is 0 Å². The molecular weight excluding hydrogens is 288 g/mol. The first-order valence-electron chi connectivity index (χ1n) is 3.98. The van der Waals surface area contributed by atoms with Crippen molar-refractivity contribution in [3.63, 3.8) is 0 Å². The van der Waals surface area contributed by atoms with Crippen molar-refractivity contribution in [3.05, 3.63) is 0 Å². The number of alkyl halides is 1. The molecule has 1 atom stereocenters. The molecule has 0 heterocycles. The average molecular weight is 305 g/mol. The van der Waals surface area contributed by atoms with Crippen LogP contribution >= 0.6 is 0 Å². The number of nitrogens with zero attached hydrogens (tertiary/aromatic N) is 1. The lowest BCUT2D eigenvalue weighted by molar-refractivity contribution is -0.871. The average Bonchev–Trinajstić information content (AvgIpc) is 1.84. The minimum absolute atomic E-state index is 0. The van der Waals surface area contributed by atoms with E-state index in [1.54, 1.807) is 6.92 Å². The molecule has 80 valence electrons. The maximum Gasteiger partial charge on any atom is 0.346 e. The third-order valence-corrected chi connectivity index (χ3v) is 1.25. The summed E-state index contributed by atoms with van der Waals surface area (Å²) < 4.78 is 17.9. The third kappa shape index (κ3) is 8.42. The van der Waals surface area contributed by atoms with E-state index in [9.17, 15) is 9.18 Å². The van der Waals surface area contributed by atoms with E-state index < -0.39 is 12.1 Å². The highest BCUT2D eigenvalue weighted by Gasteiger charge is 2.25. The summed E-state index contributed by atoms with van der Waals surface area (Å²) >= 11 is 0. The number of ether oxygens (including phenoxy) is 1. The minimum Gasteiger partial charge on any atom is -1.00 e. The van der Waals surface area contributed by atoms with Crippen LogP contribution in [0.5, 0.6) is 0 Å². The summed E-state index contributed by atoms with van der Waals surface area (Å²) in [4.78, 5) is 10.8. The van der Waals surface area contributed by atoms with Gasteiger partial charge >= 0.3 is 5.97 Å². The first kappa shape index (κ1) is 15.6. The van der Waals surface area contributed by atoms with Gasteiger partial charge in [-0.25, -0.2) is 9.18 Å². The second-order valence-corrected chi connectivity index (χ2v) is 3.69. The molecule has 0 fully saturated rings. The van der Waals surface area contributed by atoms with E-state index in [-0.39, 0.29) is 37.1 Å². The lowest BCUT2D eigenvalue weighted by atomic mass is 10.3. The van der Waals surface area contributed by atoms with E-state index in [1.165, 1.54) is 0 Å². The normalized spacial score (nSPS) is 13.0. The Morgan fingerprint density at radius 2 is 1.92 bits per heavy atom. The largest absolute Gasteiger partial charge is 1.00 e. The van der Waals surface area contributed by atoms with Crippen LogP contribution in [-0.2, 0) is 9.53 Å². The molecule has 0 spiro atoms. The maximum absolute atomic E-state index is 13.0. The van der Waals surface area contributed by atoms with Gasteiger partial charge < -0.3 is 33.2 Å².